The van der Waals surface area contributed by atoms with E-state index in [0.29, 0.717) is 27.6 Å². The third-order valence-electron chi connectivity index (χ3n) is 4.92. The molecule has 1 atom stereocenters. The normalized spacial score (nSPS) is 16.2. The number of pyridine rings is 1. The van der Waals surface area contributed by atoms with Gasteiger partial charge in [0, 0.05) is 18.4 Å². The number of carbonyl (C=O) groups excluding carboxylic acids is 1. The van der Waals surface area contributed by atoms with Crippen LogP contribution in [0.25, 0.3) is 16.9 Å². The molecule has 0 aromatic carbocycles. The molecule has 0 saturated carbocycles. The van der Waals surface area contributed by atoms with E-state index in [0.717, 1.165) is 0 Å². The van der Waals surface area contributed by atoms with Gasteiger partial charge in [-0.25, -0.2) is 13.9 Å². The van der Waals surface area contributed by atoms with Crippen molar-refractivity contribution in [1.82, 2.24) is 24.9 Å². The SMILES string of the molecule is CC(C)Nc1cc(-c2cnn3cc(Cl)cnc23)ncc1C(=O)NCC(F)C1(O)COC1. The van der Waals surface area contributed by atoms with Crippen molar-refractivity contribution in [1.29, 1.82) is 0 Å². The van der Waals surface area contributed by atoms with Crippen molar-refractivity contribution in [3.8, 4) is 11.3 Å². The predicted molar refractivity (Wildman–Crippen MR) is 113 cm³/mol. The number of nitrogens with one attached hydrogen (secondary N) is 2. The quantitative estimate of drug-likeness (QED) is 0.507. The molecule has 1 unspecified atom stereocenters. The molecule has 4 heterocycles. The maximum absolute atomic E-state index is 14.2. The number of aromatic nitrogens is 4. The van der Waals surface area contributed by atoms with Crippen molar-refractivity contribution >= 4 is 28.8 Å². The van der Waals surface area contributed by atoms with Gasteiger partial charge in [0.25, 0.3) is 5.91 Å². The van der Waals surface area contributed by atoms with Crippen molar-refractivity contribution in [2.24, 2.45) is 0 Å². The van der Waals surface area contributed by atoms with Gasteiger partial charge in [-0.1, -0.05) is 11.6 Å². The Bertz CT molecular complexity index is 1120. The van der Waals surface area contributed by atoms with Gasteiger partial charge in [0.15, 0.2) is 11.8 Å². The summed E-state index contributed by atoms with van der Waals surface area (Å²) in [6.07, 6.45) is 4.57. The van der Waals surface area contributed by atoms with Crippen molar-refractivity contribution in [2.45, 2.75) is 31.7 Å². The molecule has 3 N–H and O–H groups in total. The molecule has 164 valence electrons. The molecule has 4 rings (SSSR count). The average Bonchev–Trinajstić information content (AvgIpc) is 3.12. The van der Waals surface area contributed by atoms with E-state index in [-0.39, 0.29) is 31.4 Å². The number of amides is 1. The fraction of sp³-hybridized carbons (Fsp3) is 0.400. The van der Waals surface area contributed by atoms with E-state index in [1.807, 2.05) is 13.8 Å². The summed E-state index contributed by atoms with van der Waals surface area (Å²) in [6, 6.07) is 1.76. The summed E-state index contributed by atoms with van der Waals surface area (Å²) in [5.74, 6) is -0.501. The molecule has 31 heavy (non-hydrogen) atoms. The van der Waals surface area contributed by atoms with Gasteiger partial charge in [0.05, 0.1) is 59.7 Å². The number of rotatable bonds is 7. The molecule has 1 aliphatic rings. The lowest BCUT2D eigenvalue weighted by Gasteiger charge is -2.38. The molecular formula is C20H22ClFN6O3. The van der Waals surface area contributed by atoms with Crippen LogP contribution in [-0.2, 0) is 4.74 Å². The summed E-state index contributed by atoms with van der Waals surface area (Å²) in [6.45, 7) is 3.37. The number of nitrogens with zero attached hydrogens (tertiary/aromatic N) is 4. The van der Waals surface area contributed by atoms with E-state index in [1.165, 1.54) is 12.4 Å². The number of fused-ring (bicyclic) bond motifs is 1. The highest BCUT2D eigenvalue weighted by molar-refractivity contribution is 6.30. The van der Waals surface area contributed by atoms with E-state index in [9.17, 15) is 14.3 Å². The first kappa shape index (κ1) is 21.4. The topological polar surface area (TPSA) is 114 Å². The summed E-state index contributed by atoms with van der Waals surface area (Å²) < 4.78 is 20.6. The maximum atomic E-state index is 14.2. The second-order valence-corrected chi connectivity index (χ2v) is 8.22. The van der Waals surface area contributed by atoms with Crippen LogP contribution in [0.4, 0.5) is 10.1 Å². The standard InChI is InChI=1S/C20H22ClFN6O3/c1-11(2)27-16-3-15(13-6-26-28-8-12(21)4-24-18(13)28)23-5-14(16)19(29)25-7-17(22)20(30)9-31-10-20/h3-6,8,11,17,30H,7,9-10H2,1-2H3,(H,23,27)(H,25,29). The van der Waals surface area contributed by atoms with Crippen LogP contribution in [0.1, 0.15) is 24.2 Å². The first-order chi connectivity index (χ1) is 14.8. The summed E-state index contributed by atoms with van der Waals surface area (Å²) in [5, 5.41) is 20.4. The Kier molecular flexibility index (Phi) is 5.78. The molecule has 0 spiro atoms. The minimum absolute atomic E-state index is 0.0318. The average molecular weight is 449 g/mol. The molecule has 0 aliphatic carbocycles. The van der Waals surface area contributed by atoms with Crippen LogP contribution < -0.4 is 10.6 Å². The lowest BCUT2D eigenvalue weighted by molar-refractivity contribution is -0.208. The molecule has 3 aromatic rings. The third-order valence-corrected chi connectivity index (χ3v) is 5.12. The summed E-state index contributed by atoms with van der Waals surface area (Å²) in [7, 11) is 0. The Morgan fingerprint density at radius 3 is 2.81 bits per heavy atom. The first-order valence-corrected chi connectivity index (χ1v) is 10.1. The number of hydrogen-bond donors (Lipinski definition) is 3. The number of carbonyl (C=O) groups is 1. The van der Waals surface area contributed by atoms with E-state index in [4.69, 9.17) is 16.3 Å². The lowest BCUT2D eigenvalue weighted by atomic mass is 9.96. The molecule has 1 saturated heterocycles. The highest BCUT2D eigenvalue weighted by Crippen LogP contribution is 2.27. The highest BCUT2D eigenvalue weighted by Gasteiger charge is 2.44. The van der Waals surface area contributed by atoms with Crippen molar-refractivity contribution in [2.75, 3.05) is 25.1 Å². The van der Waals surface area contributed by atoms with Crippen molar-refractivity contribution in [3.05, 3.63) is 41.4 Å². The molecule has 11 heteroatoms. The highest BCUT2D eigenvalue weighted by atomic mass is 35.5. The fourth-order valence-electron chi connectivity index (χ4n) is 3.21. The second kappa shape index (κ2) is 8.37. The van der Waals surface area contributed by atoms with Gasteiger partial charge in [-0.2, -0.15) is 5.10 Å². The summed E-state index contributed by atoms with van der Waals surface area (Å²) in [5.41, 5.74) is 1.05. The zero-order valence-electron chi connectivity index (χ0n) is 17.0. The monoisotopic (exact) mass is 448 g/mol. The number of halogens is 2. The Hall–Kier alpha value is -2.82. The first-order valence-electron chi connectivity index (χ1n) is 9.75. The largest absolute Gasteiger partial charge is 0.382 e. The lowest BCUT2D eigenvalue weighted by Crippen LogP contribution is -2.59. The molecule has 9 nitrogen and oxygen atoms in total. The number of alkyl halides is 1. The minimum atomic E-state index is -1.63. The van der Waals surface area contributed by atoms with E-state index < -0.39 is 17.7 Å². The molecular weight excluding hydrogens is 427 g/mol. The number of ether oxygens (including phenoxy) is 1. The van der Waals surface area contributed by atoms with Gasteiger partial charge in [0.1, 0.15) is 5.60 Å². The van der Waals surface area contributed by atoms with Crippen molar-refractivity contribution in [3.63, 3.8) is 0 Å². The number of aliphatic hydroxyl groups is 1. The number of hydrogen-bond acceptors (Lipinski definition) is 7. The Morgan fingerprint density at radius 2 is 2.13 bits per heavy atom. The molecule has 1 amide bonds. The Labute approximate surface area is 182 Å². The van der Waals surface area contributed by atoms with Gasteiger partial charge in [-0.15, -0.1) is 0 Å². The fourth-order valence-corrected chi connectivity index (χ4v) is 3.35. The van der Waals surface area contributed by atoms with Crippen LogP contribution in [0.3, 0.4) is 0 Å². The molecule has 0 radical (unpaired) electrons. The summed E-state index contributed by atoms with van der Waals surface area (Å²) in [4.78, 5) is 21.4. The van der Waals surface area contributed by atoms with E-state index in [1.54, 1.807) is 23.0 Å². The van der Waals surface area contributed by atoms with Gasteiger partial charge in [-0.3, -0.25) is 9.78 Å². The van der Waals surface area contributed by atoms with Crippen LogP contribution in [-0.4, -0.2) is 68.2 Å². The third kappa shape index (κ3) is 4.32. The van der Waals surface area contributed by atoms with Gasteiger partial charge in [0.2, 0.25) is 0 Å². The van der Waals surface area contributed by atoms with Crippen LogP contribution in [0.2, 0.25) is 5.02 Å². The van der Waals surface area contributed by atoms with Crippen molar-refractivity contribution < 1.29 is 19.0 Å². The van der Waals surface area contributed by atoms with Gasteiger partial charge in [-0.05, 0) is 19.9 Å². The molecule has 3 aromatic heterocycles. The van der Waals surface area contributed by atoms with E-state index in [2.05, 4.69) is 25.7 Å². The smallest absolute Gasteiger partial charge is 0.255 e. The zero-order valence-corrected chi connectivity index (χ0v) is 17.7. The van der Waals surface area contributed by atoms with E-state index >= 15 is 0 Å². The molecule has 1 fully saturated rings. The van der Waals surface area contributed by atoms with Crippen LogP contribution >= 0.6 is 11.6 Å². The van der Waals surface area contributed by atoms with Crippen LogP contribution in [0.5, 0.6) is 0 Å². The molecule has 1 aliphatic heterocycles. The molecule has 0 bridgehead atoms. The minimum Gasteiger partial charge on any atom is -0.382 e. The van der Waals surface area contributed by atoms with Crippen LogP contribution in [0.15, 0.2) is 30.9 Å². The summed E-state index contributed by atoms with van der Waals surface area (Å²) >= 11 is 5.96. The number of anilines is 1. The van der Waals surface area contributed by atoms with Gasteiger partial charge < -0.3 is 20.5 Å². The van der Waals surface area contributed by atoms with Gasteiger partial charge >= 0.3 is 0 Å². The second-order valence-electron chi connectivity index (χ2n) is 7.79. The maximum Gasteiger partial charge on any atom is 0.255 e. The van der Waals surface area contributed by atoms with Crippen LogP contribution in [0, 0.1) is 0 Å². The Balaban J connectivity index is 1.60. The predicted octanol–water partition coefficient (Wildman–Crippen LogP) is 2.09. The Morgan fingerprint density at radius 1 is 1.35 bits per heavy atom. The zero-order chi connectivity index (χ0) is 22.2.